The lowest BCUT2D eigenvalue weighted by molar-refractivity contribution is 0.469. The molecule has 1 heterocycles. The number of aromatic nitrogens is 1. The molecule has 0 aliphatic heterocycles. The van der Waals surface area contributed by atoms with Crippen LogP contribution in [0.3, 0.4) is 0 Å². The van der Waals surface area contributed by atoms with Gasteiger partial charge in [-0.15, -0.1) is 0 Å². The third-order valence-electron chi connectivity index (χ3n) is 2.85. The number of phenolic OH excluding ortho intramolecular Hbond substituents is 1. The molecular formula is C15H10FNO2. The molecule has 2 aromatic carbocycles. The molecule has 4 heteroatoms. The van der Waals surface area contributed by atoms with E-state index >= 15 is 0 Å². The Hall–Kier alpha value is -2.62. The fourth-order valence-electron chi connectivity index (χ4n) is 1.92. The molecular weight excluding hydrogens is 245 g/mol. The van der Waals surface area contributed by atoms with Gasteiger partial charge in [0.1, 0.15) is 17.1 Å². The average Bonchev–Trinajstić information content (AvgIpc) is 2.81. The van der Waals surface area contributed by atoms with Crippen molar-refractivity contribution in [2.45, 2.75) is 0 Å². The van der Waals surface area contributed by atoms with Crippen LogP contribution in [0.1, 0.15) is 5.56 Å². The molecule has 94 valence electrons. The van der Waals surface area contributed by atoms with Gasteiger partial charge in [0.2, 0.25) is 5.89 Å². The zero-order chi connectivity index (χ0) is 13.4. The number of hydrogen-bond acceptors (Lipinski definition) is 3. The highest BCUT2D eigenvalue weighted by atomic mass is 19.1. The van der Waals surface area contributed by atoms with Crippen molar-refractivity contribution in [2.75, 3.05) is 0 Å². The summed E-state index contributed by atoms with van der Waals surface area (Å²) in [6, 6.07) is 9.31. The van der Waals surface area contributed by atoms with Crippen molar-refractivity contribution in [3.05, 3.63) is 54.4 Å². The van der Waals surface area contributed by atoms with E-state index in [1.54, 1.807) is 12.1 Å². The largest absolute Gasteiger partial charge is 0.508 e. The Labute approximate surface area is 108 Å². The number of benzene rings is 2. The second kappa shape index (κ2) is 4.24. The minimum atomic E-state index is -0.577. The summed E-state index contributed by atoms with van der Waals surface area (Å²) in [6.07, 6.45) is 1.66. The summed E-state index contributed by atoms with van der Waals surface area (Å²) in [5.41, 5.74) is 2.22. The molecule has 0 aliphatic carbocycles. The molecule has 0 saturated carbocycles. The van der Waals surface area contributed by atoms with Crippen molar-refractivity contribution in [1.82, 2.24) is 4.98 Å². The molecule has 3 aromatic rings. The van der Waals surface area contributed by atoms with Gasteiger partial charge in [0, 0.05) is 11.6 Å². The molecule has 0 spiro atoms. The van der Waals surface area contributed by atoms with Crippen LogP contribution in [0.2, 0.25) is 0 Å². The Morgan fingerprint density at radius 3 is 2.84 bits per heavy atom. The summed E-state index contributed by atoms with van der Waals surface area (Å²) in [6.45, 7) is 3.70. The lowest BCUT2D eigenvalue weighted by atomic mass is 10.2. The topological polar surface area (TPSA) is 46.3 Å². The number of nitrogens with zero attached hydrogens (tertiary/aromatic N) is 1. The van der Waals surface area contributed by atoms with E-state index in [1.807, 2.05) is 12.1 Å². The van der Waals surface area contributed by atoms with Crippen molar-refractivity contribution in [1.29, 1.82) is 0 Å². The third-order valence-corrected chi connectivity index (χ3v) is 2.85. The second-order valence-corrected chi connectivity index (χ2v) is 4.08. The minimum Gasteiger partial charge on any atom is -0.508 e. The number of oxazole rings is 1. The molecule has 0 saturated heterocycles. The zero-order valence-corrected chi connectivity index (χ0v) is 9.93. The molecule has 0 bridgehead atoms. The van der Waals surface area contributed by atoms with E-state index in [4.69, 9.17) is 4.42 Å². The van der Waals surface area contributed by atoms with Gasteiger partial charge in [-0.3, -0.25) is 0 Å². The van der Waals surface area contributed by atoms with Crippen molar-refractivity contribution in [3.63, 3.8) is 0 Å². The molecule has 0 fully saturated rings. The highest BCUT2D eigenvalue weighted by Gasteiger charge is 2.14. The van der Waals surface area contributed by atoms with Crippen LogP contribution >= 0.6 is 0 Å². The van der Waals surface area contributed by atoms with Gasteiger partial charge in [-0.2, -0.15) is 0 Å². The lowest BCUT2D eigenvalue weighted by Crippen LogP contribution is -1.83. The van der Waals surface area contributed by atoms with Crippen LogP contribution in [0.5, 0.6) is 5.75 Å². The maximum atomic E-state index is 13.8. The average molecular weight is 255 g/mol. The molecule has 3 nitrogen and oxygen atoms in total. The standard InChI is InChI=1S/C15H10FNO2/c1-2-9-4-3-5-13-14(9)19-15(17-13)11-7-6-10(18)8-12(11)16/h2-8,18H,1H2. The predicted octanol–water partition coefficient (Wildman–Crippen LogP) is 3.98. The lowest BCUT2D eigenvalue weighted by Gasteiger charge is -1.98. The maximum Gasteiger partial charge on any atom is 0.230 e. The van der Waals surface area contributed by atoms with E-state index in [0.29, 0.717) is 11.1 Å². The first-order valence-corrected chi connectivity index (χ1v) is 5.70. The number of phenols is 1. The number of rotatable bonds is 2. The first kappa shape index (κ1) is 11.5. The molecule has 1 aromatic heterocycles. The van der Waals surface area contributed by atoms with E-state index < -0.39 is 5.82 Å². The van der Waals surface area contributed by atoms with Crippen molar-refractivity contribution in [3.8, 4) is 17.2 Å². The van der Waals surface area contributed by atoms with E-state index in [2.05, 4.69) is 11.6 Å². The van der Waals surface area contributed by atoms with Gasteiger partial charge in [-0.25, -0.2) is 9.37 Å². The monoisotopic (exact) mass is 255 g/mol. The Kier molecular flexibility index (Phi) is 2.56. The number of aromatic hydroxyl groups is 1. The first-order valence-electron chi connectivity index (χ1n) is 5.70. The van der Waals surface area contributed by atoms with Gasteiger partial charge in [0.15, 0.2) is 5.58 Å². The van der Waals surface area contributed by atoms with Crippen LogP contribution in [0.25, 0.3) is 28.6 Å². The summed E-state index contributed by atoms with van der Waals surface area (Å²) < 4.78 is 19.4. The van der Waals surface area contributed by atoms with E-state index in [0.717, 1.165) is 11.6 Å². The Bertz CT molecular complexity index is 777. The summed E-state index contributed by atoms with van der Waals surface area (Å²) in [5.74, 6) is -0.530. The maximum absolute atomic E-state index is 13.8. The van der Waals surface area contributed by atoms with Gasteiger partial charge in [0.25, 0.3) is 0 Å². The van der Waals surface area contributed by atoms with Crippen LogP contribution in [-0.4, -0.2) is 10.1 Å². The SMILES string of the molecule is C=Cc1cccc2nc(-c3ccc(O)cc3F)oc12. The summed E-state index contributed by atoms with van der Waals surface area (Å²) >= 11 is 0. The van der Waals surface area contributed by atoms with Crippen LogP contribution < -0.4 is 0 Å². The summed E-state index contributed by atoms with van der Waals surface area (Å²) in [5, 5.41) is 9.20. The molecule has 0 radical (unpaired) electrons. The fourth-order valence-corrected chi connectivity index (χ4v) is 1.92. The Balaban J connectivity index is 2.23. The van der Waals surface area contributed by atoms with E-state index in [-0.39, 0.29) is 17.2 Å². The minimum absolute atomic E-state index is 0.135. The van der Waals surface area contributed by atoms with Crippen LogP contribution in [0.4, 0.5) is 4.39 Å². The smallest absolute Gasteiger partial charge is 0.230 e. The highest BCUT2D eigenvalue weighted by Crippen LogP contribution is 2.29. The molecule has 0 unspecified atom stereocenters. The van der Waals surface area contributed by atoms with Crippen molar-refractivity contribution >= 4 is 17.2 Å². The van der Waals surface area contributed by atoms with Crippen LogP contribution in [-0.2, 0) is 0 Å². The van der Waals surface area contributed by atoms with Gasteiger partial charge in [0.05, 0.1) is 5.56 Å². The predicted molar refractivity (Wildman–Crippen MR) is 71.2 cm³/mol. The van der Waals surface area contributed by atoms with Gasteiger partial charge < -0.3 is 9.52 Å². The number of fused-ring (bicyclic) bond motifs is 1. The van der Waals surface area contributed by atoms with Gasteiger partial charge >= 0.3 is 0 Å². The van der Waals surface area contributed by atoms with Crippen LogP contribution in [0, 0.1) is 5.82 Å². The summed E-state index contributed by atoms with van der Waals surface area (Å²) in [4.78, 5) is 4.25. The number of halogens is 1. The Morgan fingerprint density at radius 1 is 1.26 bits per heavy atom. The van der Waals surface area contributed by atoms with Gasteiger partial charge in [-0.1, -0.05) is 24.8 Å². The highest BCUT2D eigenvalue weighted by molar-refractivity contribution is 5.84. The molecule has 1 N–H and O–H groups in total. The zero-order valence-electron chi connectivity index (χ0n) is 9.93. The summed E-state index contributed by atoms with van der Waals surface area (Å²) in [7, 11) is 0. The molecule has 3 rings (SSSR count). The fraction of sp³-hybridized carbons (Fsp3) is 0. The molecule has 0 atom stereocenters. The quantitative estimate of drug-likeness (QED) is 0.753. The number of hydrogen-bond donors (Lipinski definition) is 1. The van der Waals surface area contributed by atoms with Crippen molar-refractivity contribution in [2.24, 2.45) is 0 Å². The molecule has 19 heavy (non-hydrogen) atoms. The normalized spacial score (nSPS) is 10.8. The third kappa shape index (κ3) is 1.87. The van der Waals surface area contributed by atoms with Gasteiger partial charge in [-0.05, 0) is 18.2 Å². The first-order chi connectivity index (χ1) is 9.19. The van der Waals surface area contributed by atoms with E-state index in [1.165, 1.54) is 12.1 Å². The Morgan fingerprint density at radius 2 is 2.11 bits per heavy atom. The molecule has 0 aliphatic rings. The van der Waals surface area contributed by atoms with Crippen LogP contribution in [0.15, 0.2) is 47.4 Å². The number of para-hydroxylation sites is 1. The van der Waals surface area contributed by atoms with Crippen molar-refractivity contribution < 1.29 is 13.9 Å². The second-order valence-electron chi connectivity index (χ2n) is 4.08. The molecule has 0 amide bonds. The van der Waals surface area contributed by atoms with E-state index in [9.17, 15) is 9.50 Å².